The highest BCUT2D eigenvalue weighted by Gasteiger charge is 2.40. The minimum absolute atomic E-state index is 0.0385. The third kappa shape index (κ3) is 5.90. The highest BCUT2D eigenvalue weighted by atomic mass is 19.4. The number of halogens is 3. The van der Waals surface area contributed by atoms with E-state index in [-0.39, 0.29) is 57.9 Å². The maximum absolute atomic E-state index is 12.9. The van der Waals surface area contributed by atoms with Crippen LogP contribution in [-0.4, -0.2) is 139 Å². The van der Waals surface area contributed by atoms with Crippen LogP contribution in [0.25, 0.3) is 0 Å². The van der Waals surface area contributed by atoms with Crippen molar-refractivity contribution in [3.63, 3.8) is 0 Å². The molecule has 0 bridgehead atoms. The Labute approximate surface area is 218 Å². The predicted octanol–water partition coefficient (Wildman–Crippen LogP) is 0.461. The minimum Gasteiger partial charge on any atom is -0.454 e. The number of amides is 4. The van der Waals surface area contributed by atoms with Crippen molar-refractivity contribution in [1.82, 2.24) is 29.4 Å². The molecular formula is C24H31F3N6O5. The number of ether oxygens (including phenoxy) is 2. The summed E-state index contributed by atoms with van der Waals surface area (Å²) in [5, 5.41) is 0. The molecule has 1 aromatic rings. The third-order valence-electron chi connectivity index (χ3n) is 7.39. The molecule has 0 unspecified atom stereocenters. The van der Waals surface area contributed by atoms with Crippen LogP contribution in [0, 0.1) is 0 Å². The molecule has 4 heterocycles. The molecule has 3 fully saturated rings. The van der Waals surface area contributed by atoms with E-state index in [2.05, 4.69) is 4.90 Å². The smallest absolute Gasteiger partial charge is 0.454 e. The average Bonchev–Trinajstić information content (AvgIpc) is 3.50. The zero-order valence-electron chi connectivity index (χ0n) is 21.0. The van der Waals surface area contributed by atoms with E-state index in [1.165, 1.54) is 14.7 Å². The van der Waals surface area contributed by atoms with Crippen LogP contribution in [0.3, 0.4) is 0 Å². The fraction of sp³-hybridized carbons (Fsp3) is 0.625. The van der Waals surface area contributed by atoms with Crippen LogP contribution in [0.2, 0.25) is 0 Å². The van der Waals surface area contributed by atoms with Gasteiger partial charge in [-0.1, -0.05) is 6.07 Å². The van der Waals surface area contributed by atoms with Crippen molar-refractivity contribution in [2.75, 3.05) is 85.3 Å². The first-order valence-electron chi connectivity index (χ1n) is 12.7. The maximum atomic E-state index is 12.9. The summed E-state index contributed by atoms with van der Waals surface area (Å²) in [6, 6.07) is 5.47. The molecule has 0 atom stereocenters. The van der Waals surface area contributed by atoms with Crippen molar-refractivity contribution in [1.29, 1.82) is 0 Å². The summed E-state index contributed by atoms with van der Waals surface area (Å²) in [5.41, 5.74) is 1.11. The van der Waals surface area contributed by atoms with E-state index >= 15 is 0 Å². The van der Waals surface area contributed by atoms with Crippen LogP contribution in [-0.2, 0) is 16.1 Å². The summed E-state index contributed by atoms with van der Waals surface area (Å²) >= 11 is 0. The molecule has 14 heteroatoms. The number of nitrogens with zero attached hydrogens (tertiary/aromatic N) is 6. The fourth-order valence-corrected chi connectivity index (χ4v) is 5.11. The number of hydrogen-bond acceptors (Lipinski definition) is 7. The normalized spacial score (nSPS) is 21.0. The van der Waals surface area contributed by atoms with Crippen molar-refractivity contribution >= 4 is 17.8 Å². The second kappa shape index (κ2) is 10.8. The van der Waals surface area contributed by atoms with Gasteiger partial charge in [-0.3, -0.25) is 14.5 Å². The number of piperazine rings is 2. The van der Waals surface area contributed by atoms with Gasteiger partial charge in [0.05, 0.1) is 0 Å². The van der Waals surface area contributed by atoms with Gasteiger partial charge in [-0.2, -0.15) is 13.2 Å². The van der Waals surface area contributed by atoms with E-state index in [0.29, 0.717) is 44.2 Å². The number of rotatable bonds is 6. The van der Waals surface area contributed by atoms with Crippen molar-refractivity contribution in [2.24, 2.45) is 0 Å². The van der Waals surface area contributed by atoms with Crippen LogP contribution in [0.4, 0.5) is 18.0 Å². The maximum Gasteiger partial charge on any atom is 0.460 e. The van der Waals surface area contributed by atoms with E-state index in [0.717, 1.165) is 23.6 Å². The van der Waals surface area contributed by atoms with Gasteiger partial charge in [0.1, 0.15) is 13.1 Å². The number of fused-ring (bicyclic) bond motifs is 1. The van der Waals surface area contributed by atoms with Gasteiger partial charge in [0.15, 0.2) is 11.5 Å². The number of urea groups is 1. The quantitative estimate of drug-likeness (QED) is 0.485. The second-order valence-electron chi connectivity index (χ2n) is 9.81. The lowest BCUT2D eigenvalue weighted by atomic mass is 10.1. The summed E-state index contributed by atoms with van der Waals surface area (Å²) in [6.45, 7) is 3.19. The van der Waals surface area contributed by atoms with Crippen molar-refractivity contribution < 1.29 is 37.0 Å². The molecule has 4 aliphatic rings. The third-order valence-corrected chi connectivity index (χ3v) is 7.39. The monoisotopic (exact) mass is 540 g/mol. The van der Waals surface area contributed by atoms with E-state index in [4.69, 9.17) is 9.47 Å². The predicted molar refractivity (Wildman–Crippen MR) is 127 cm³/mol. The minimum atomic E-state index is -4.41. The van der Waals surface area contributed by atoms with Crippen LogP contribution < -0.4 is 9.47 Å². The highest BCUT2D eigenvalue weighted by Crippen LogP contribution is 2.33. The molecule has 0 radical (unpaired) electrons. The van der Waals surface area contributed by atoms with Gasteiger partial charge in [-0.25, -0.2) is 9.69 Å². The van der Waals surface area contributed by atoms with Crippen molar-refractivity contribution in [2.45, 2.75) is 12.8 Å². The number of benzene rings is 1. The van der Waals surface area contributed by atoms with Gasteiger partial charge in [-0.15, -0.1) is 0 Å². The molecule has 0 saturated carbocycles. The molecule has 0 spiro atoms. The van der Waals surface area contributed by atoms with E-state index < -0.39 is 12.3 Å². The molecule has 0 aromatic heterocycles. The fourth-order valence-electron chi connectivity index (χ4n) is 5.11. The largest absolute Gasteiger partial charge is 0.460 e. The zero-order chi connectivity index (χ0) is 26.9. The zero-order valence-corrected chi connectivity index (χ0v) is 21.0. The Morgan fingerprint density at radius 1 is 0.763 bits per heavy atom. The Kier molecular flexibility index (Phi) is 7.52. The molecule has 0 N–H and O–H groups in total. The first kappa shape index (κ1) is 26.4. The van der Waals surface area contributed by atoms with Gasteiger partial charge in [0.25, 0.3) is 0 Å². The van der Waals surface area contributed by atoms with Crippen molar-refractivity contribution in [3.05, 3.63) is 23.8 Å². The Balaban J connectivity index is 1.03. The topological polar surface area (TPSA) is 89.1 Å². The molecule has 0 aliphatic carbocycles. The lowest BCUT2D eigenvalue weighted by Gasteiger charge is -2.36. The van der Waals surface area contributed by atoms with Gasteiger partial charge < -0.3 is 29.1 Å². The summed E-state index contributed by atoms with van der Waals surface area (Å²) in [6.07, 6.45) is -4.41. The molecule has 11 nitrogen and oxygen atoms in total. The van der Waals surface area contributed by atoms with Gasteiger partial charge in [0.2, 0.25) is 18.6 Å². The molecule has 3 saturated heterocycles. The highest BCUT2D eigenvalue weighted by molar-refractivity contribution is 5.88. The SMILES string of the molecule is O=C(CN1CCN(CC(=O)N2CCN(C(F)(F)F)CC2)C1=O)N1CCN(Cc2ccc3c(c2)OCO3)CC1. The van der Waals surface area contributed by atoms with Gasteiger partial charge >= 0.3 is 12.3 Å². The first-order chi connectivity index (χ1) is 18.2. The van der Waals surface area contributed by atoms with Gasteiger partial charge in [-0.05, 0) is 17.7 Å². The van der Waals surface area contributed by atoms with E-state index in [1.807, 2.05) is 18.2 Å². The standard InChI is InChI=1S/C24H31F3N6O5/c25-24(26,27)33-11-9-30(10-12-33)22(35)16-32-8-7-31(23(32)36)15-21(34)29-5-3-28(4-6-29)14-18-1-2-19-20(13-18)38-17-37-19/h1-2,13H,3-12,14-17H2. The number of hydrogen-bond donors (Lipinski definition) is 0. The molecule has 38 heavy (non-hydrogen) atoms. The second-order valence-corrected chi connectivity index (χ2v) is 9.81. The Hall–Kier alpha value is -3.26. The number of carbonyl (C=O) groups excluding carboxylic acids is 3. The van der Waals surface area contributed by atoms with Crippen LogP contribution in [0.5, 0.6) is 11.5 Å². The Morgan fingerprint density at radius 3 is 1.89 bits per heavy atom. The summed E-state index contributed by atoms with van der Waals surface area (Å²) < 4.78 is 49.2. The number of carbonyl (C=O) groups is 3. The molecule has 4 aliphatic heterocycles. The number of alkyl halides is 3. The van der Waals surface area contributed by atoms with E-state index in [9.17, 15) is 27.6 Å². The molecule has 4 amide bonds. The first-order valence-corrected chi connectivity index (χ1v) is 12.7. The van der Waals surface area contributed by atoms with Crippen molar-refractivity contribution in [3.8, 4) is 11.5 Å². The summed E-state index contributed by atoms with van der Waals surface area (Å²) in [4.78, 5) is 46.7. The Morgan fingerprint density at radius 2 is 1.32 bits per heavy atom. The molecule has 5 rings (SSSR count). The molecule has 208 valence electrons. The van der Waals surface area contributed by atoms with Gasteiger partial charge in [0, 0.05) is 72.0 Å². The van der Waals surface area contributed by atoms with Crippen LogP contribution in [0.1, 0.15) is 5.56 Å². The van der Waals surface area contributed by atoms with E-state index in [1.54, 1.807) is 4.90 Å². The lowest BCUT2D eigenvalue weighted by molar-refractivity contribution is -0.252. The summed E-state index contributed by atoms with van der Waals surface area (Å²) in [5.74, 6) is 0.961. The average molecular weight is 541 g/mol. The van der Waals surface area contributed by atoms with Crippen LogP contribution >= 0.6 is 0 Å². The van der Waals surface area contributed by atoms with Crippen LogP contribution in [0.15, 0.2) is 18.2 Å². The summed E-state index contributed by atoms with van der Waals surface area (Å²) in [7, 11) is 0. The molecular weight excluding hydrogens is 509 g/mol. The molecule has 1 aromatic carbocycles. The lowest BCUT2D eigenvalue weighted by Crippen LogP contribution is -2.55. The Bertz CT molecular complexity index is 1060.